The van der Waals surface area contributed by atoms with Gasteiger partial charge in [-0.05, 0) is 93.5 Å². The van der Waals surface area contributed by atoms with Gasteiger partial charge in [-0.15, -0.1) is 0 Å². The van der Waals surface area contributed by atoms with Gasteiger partial charge in [0.2, 0.25) is 5.71 Å². The molecule has 0 fully saturated rings. The lowest BCUT2D eigenvalue weighted by atomic mass is 9.98. The molecule has 3 heterocycles. The van der Waals surface area contributed by atoms with Crippen molar-refractivity contribution in [2.45, 2.75) is 0 Å². The van der Waals surface area contributed by atoms with Gasteiger partial charge in [-0.25, -0.2) is 0 Å². The van der Waals surface area contributed by atoms with Crippen LogP contribution in [-0.2, 0) is 0 Å². The predicted molar refractivity (Wildman–Crippen MR) is 247 cm³/mol. The first kappa shape index (κ1) is 33.3. The first-order valence-corrected chi connectivity index (χ1v) is 20.2. The molecule has 3 nitrogen and oxygen atoms in total. The third kappa shape index (κ3) is 5.36. The van der Waals surface area contributed by atoms with Gasteiger partial charge in [-0.2, -0.15) is 0 Å². The van der Waals surface area contributed by atoms with Crippen LogP contribution < -0.4 is 0 Å². The van der Waals surface area contributed by atoms with Crippen LogP contribution in [0.4, 0.5) is 0 Å². The molecule has 0 amide bonds. The van der Waals surface area contributed by atoms with E-state index in [2.05, 4.69) is 228 Å². The Labute approximate surface area is 341 Å². The van der Waals surface area contributed by atoms with E-state index in [-0.39, 0.29) is 0 Å². The molecule has 0 aliphatic heterocycles. The second kappa shape index (κ2) is 13.4. The number of furan rings is 1. The molecule has 59 heavy (non-hydrogen) atoms. The van der Waals surface area contributed by atoms with Crippen LogP contribution in [0, 0.1) is 0 Å². The van der Waals surface area contributed by atoms with Crippen molar-refractivity contribution >= 4 is 54.8 Å². The average Bonchev–Trinajstić information content (AvgIpc) is 3.96. The van der Waals surface area contributed by atoms with Gasteiger partial charge < -0.3 is 8.98 Å². The molecule has 0 saturated heterocycles. The summed E-state index contributed by atoms with van der Waals surface area (Å²) in [5, 5.41) is 5.95. The maximum atomic E-state index is 6.85. The molecule has 276 valence electrons. The largest absolute Gasteiger partial charge is 0.438 e. The zero-order valence-corrected chi connectivity index (χ0v) is 32.1. The molecule has 9 aromatic carbocycles. The molecule has 0 saturated carbocycles. The lowest BCUT2D eigenvalue weighted by Gasteiger charge is -2.11. The first-order chi connectivity index (χ1) is 29.3. The summed E-state index contributed by atoms with van der Waals surface area (Å²) < 4.78 is 11.5. The van der Waals surface area contributed by atoms with E-state index in [1.165, 1.54) is 60.6 Å². The number of fused-ring (bicyclic) bond motifs is 8. The van der Waals surface area contributed by atoms with E-state index in [0.29, 0.717) is 0 Å². The van der Waals surface area contributed by atoms with Gasteiger partial charge in [0, 0.05) is 38.5 Å². The van der Waals surface area contributed by atoms with E-state index in [0.717, 1.165) is 50.1 Å². The summed E-state index contributed by atoms with van der Waals surface area (Å²) in [4.78, 5) is 0. The first-order valence-electron chi connectivity index (χ1n) is 20.2. The summed E-state index contributed by atoms with van der Waals surface area (Å²) in [5.74, 6) is 0. The molecular weight excluding hydrogens is 717 g/mol. The molecular formula is C56H36N2O. The predicted octanol–water partition coefficient (Wildman–Crippen LogP) is 15.3. The van der Waals surface area contributed by atoms with Crippen LogP contribution in [0.25, 0.3) is 111 Å². The Bertz CT molecular complexity index is 3400. The van der Waals surface area contributed by atoms with E-state index < -0.39 is 0 Å². The Balaban J connectivity index is 0.921. The van der Waals surface area contributed by atoms with Gasteiger partial charge in [0.1, 0.15) is 5.58 Å². The maximum absolute atomic E-state index is 6.85. The lowest BCUT2D eigenvalue weighted by molar-refractivity contribution is 0.646. The van der Waals surface area contributed by atoms with Crippen LogP contribution in [0.3, 0.4) is 0 Å². The van der Waals surface area contributed by atoms with Crippen LogP contribution in [-0.4, -0.2) is 9.13 Å². The highest BCUT2D eigenvalue weighted by molar-refractivity contribution is 6.21. The summed E-state index contributed by atoms with van der Waals surface area (Å²) in [6.07, 6.45) is 0. The summed E-state index contributed by atoms with van der Waals surface area (Å²) in [5.41, 5.74) is 16.9. The zero-order valence-electron chi connectivity index (χ0n) is 32.1. The van der Waals surface area contributed by atoms with Crippen LogP contribution in [0.2, 0.25) is 0 Å². The number of hydrogen-bond acceptors (Lipinski definition) is 1. The molecule has 12 aromatic rings. The fourth-order valence-electron chi connectivity index (χ4n) is 9.14. The highest BCUT2D eigenvalue weighted by Gasteiger charge is 2.21. The van der Waals surface area contributed by atoms with Crippen molar-refractivity contribution in [1.82, 2.24) is 9.13 Å². The quantitative estimate of drug-likeness (QED) is 0.166. The smallest absolute Gasteiger partial charge is 0.213 e. The summed E-state index contributed by atoms with van der Waals surface area (Å²) in [6, 6.07) is 78.5. The van der Waals surface area contributed by atoms with Crippen molar-refractivity contribution in [3.63, 3.8) is 0 Å². The van der Waals surface area contributed by atoms with E-state index in [4.69, 9.17) is 4.42 Å². The number of nitrogens with zero attached hydrogens (tertiary/aromatic N) is 2. The van der Waals surface area contributed by atoms with E-state index in [1.807, 2.05) is 0 Å². The Morgan fingerprint density at radius 3 is 1.37 bits per heavy atom. The molecule has 0 spiro atoms. The van der Waals surface area contributed by atoms with Gasteiger partial charge in [0.15, 0.2) is 0 Å². The van der Waals surface area contributed by atoms with Crippen molar-refractivity contribution in [2.24, 2.45) is 0 Å². The molecule has 0 aliphatic rings. The molecule has 0 aliphatic carbocycles. The SMILES string of the molecule is c1ccc(-c2ccc3c(c2)c2cc(-c4ccccc4)ccc2n3-c2ccc(-c3ccc(-c4cccc5c4oc4c5c5ccccc5n4-c4ccccc4)cc3)cc2)cc1. The number of hydrogen-bond donors (Lipinski definition) is 0. The zero-order chi connectivity index (χ0) is 38.9. The summed E-state index contributed by atoms with van der Waals surface area (Å²) in [6.45, 7) is 0. The molecule has 0 N–H and O–H groups in total. The van der Waals surface area contributed by atoms with Crippen molar-refractivity contribution < 1.29 is 4.42 Å². The van der Waals surface area contributed by atoms with Crippen LogP contribution in [0.1, 0.15) is 0 Å². The fraction of sp³-hybridized carbons (Fsp3) is 0. The Morgan fingerprint density at radius 2 is 0.746 bits per heavy atom. The standard InChI is InChI=1S/C56H36N2O/c1-4-13-37(14-5-1)42-29-33-52-49(35-42)50-36-43(38-15-6-2-7-16-38)30-34-53(50)57(52)45-31-27-40(28-32-45)39-23-25-41(26-24-39)46-20-12-21-48-54-47-19-10-11-22-51(47)58(56(54)59-55(46)48)44-17-8-3-9-18-44/h1-36H. The minimum absolute atomic E-state index is 0.869. The third-order valence-corrected chi connectivity index (χ3v) is 12.0. The molecule has 0 radical (unpaired) electrons. The lowest BCUT2D eigenvalue weighted by Crippen LogP contribution is -1.94. The maximum Gasteiger partial charge on any atom is 0.213 e. The molecule has 3 heteroatoms. The van der Waals surface area contributed by atoms with Crippen LogP contribution in [0.5, 0.6) is 0 Å². The topological polar surface area (TPSA) is 23.0 Å². The van der Waals surface area contributed by atoms with Gasteiger partial charge in [0.05, 0.1) is 21.9 Å². The van der Waals surface area contributed by atoms with Gasteiger partial charge in [0.25, 0.3) is 0 Å². The molecule has 12 rings (SSSR count). The molecule has 0 unspecified atom stereocenters. The second-order valence-corrected chi connectivity index (χ2v) is 15.3. The number of para-hydroxylation sites is 3. The van der Waals surface area contributed by atoms with Crippen molar-refractivity contribution in [3.8, 4) is 55.9 Å². The van der Waals surface area contributed by atoms with E-state index in [9.17, 15) is 0 Å². The average molecular weight is 753 g/mol. The van der Waals surface area contributed by atoms with E-state index in [1.54, 1.807) is 0 Å². The van der Waals surface area contributed by atoms with Crippen LogP contribution in [0.15, 0.2) is 223 Å². The van der Waals surface area contributed by atoms with Gasteiger partial charge >= 0.3 is 0 Å². The normalized spacial score (nSPS) is 11.7. The summed E-state index contributed by atoms with van der Waals surface area (Å²) in [7, 11) is 0. The van der Waals surface area contributed by atoms with Crippen molar-refractivity contribution in [1.29, 1.82) is 0 Å². The molecule has 3 aromatic heterocycles. The Hall–Kier alpha value is -7.88. The number of rotatable bonds is 6. The van der Waals surface area contributed by atoms with Crippen molar-refractivity contribution in [3.05, 3.63) is 218 Å². The van der Waals surface area contributed by atoms with E-state index >= 15 is 0 Å². The van der Waals surface area contributed by atoms with Crippen LogP contribution >= 0.6 is 0 Å². The number of benzene rings is 9. The Kier molecular flexibility index (Phi) is 7.54. The minimum atomic E-state index is 0.869. The minimum Gasteiger partial charge on any atom is -0.438 e. The Morgan fingerprint density at radius 1 is 0.288 bits per heavy atom. The molecule has 0 bridgehead atoms. The monoisotopic (exact) mass is 752 g/mol. The van der Waals surface area contributed by atoms with Gasteiger partial charge in [-0.3, -0.25) is 4.57 Å². The fourth-order valence-corrected chi connectivity index (χ4v) is 9.14. The summed E-state index contributed by atoms with van der Waals surface area (Å²) >= 11 is 0. The molecule has 0 atom stereocenters. The highest BCUT2D eigenvalue weighted by Crippen LogP contribution is 2.43. The number of aromatic nitrogens is 2. The highest BCUT2D eigenvalue weighted by atomic mass is 16.3. The third-order valence-electron chi connectivity index (χ3n) is 12.0. The second-order valence-electron chi connectivity index (χ2n) is 15.3. The van der Waals surface area contributed by atoms with Gasteiger partial charge in [-0.1, -0.05) is 164 Å². The van der Waals surface area contributed by atoms with Crippen molar-refractivity contribution in [2.75, 3.05) is 0 Å².